The Morgan fingerprint density at radius 2 is 1.16 bits per heavy atom. The van der Waals surface area contributed by atoms with Crippen LogP contribution in [0.25, 0.3) is 20.7 Å². The van der Waals surface area contributed by atoms with Gasteiger partial charge in [-0.15, -0.1) is 0 Å². The molecule has 8 rings (SSSR count). The van der Waals surface area contributed by atoms with Gasteiger partial charge in [-0.2, -0.15) is 36.3 Å². The van der Waals surface area contributed by atoms with Crippen LogP contribution in [0.2, 0.25) is 0 Å². The molecule has 5 N–H and O–H groups in total. The van der Waals surface area contributed by atoms with Crippen molar-refractivity contribution < 1.29 is 64.0 Å². The van der Waals surface area contributed by atoms with Gasteiger partial charge in [0.1, 0.15) is 0 Å². The van der Waals surface area contributed by atoms with Gasteiger partial charge in [0.15, 0.2) is 31.0 Å². The fraction of sp³-hybridized carbons (Fsp3) is 0.385. The van der Waals surface area contributed by atoms with Gasteiger partial charge in [-0.05, 0) is 61.1 Å². The van der Waals surface area contributed by atoms with E-state index in [-0.39, 0.29) is 95.4 Å². The Morgan fingerprint density at radius 3 is 1.58 bits per heavy atom. The Morgan fingerprint density at radius 1 is 0.716 bits per heavy atom. The van der Waals surface area contributed by atoms with Crippen LogP contribution in [-0.4, -0.2) is 117 Å². The Balaban J connectivity index is 0.000000200. The summed E-state index contributed by atoms with van der Waals surface area (Å²) in [4.78, 5) is 62.7. The number of H-pyrrole nitrogens is 1. The number of aromatic amines is 1. The minimum Gasteiger partial charge on any atom is -0.481 e. The number of sulfone groups is 1. The van der Waals surface area contributed by atoms with E-state index in [0.29, 0.717) is 10.3 Å². The summed E-state index contributed by atoms with van der Waals surface area (Å²) in [5.41, 5.74) is -4.47. The molecule has 2 saturated heterocycles. The number of ether oxygens (including phenoxy) is 2. The second-order valence-electron chi connectivity index (χ2n) is 15.3. The number of nitrogens with one attached hydrogen (secondary N) is 3. The number of carbonyl (C=O) groups excluding carboxylic acids is 2. The van der Waals surface area contributed by atoms with E-state index in [1.165, 1.54) is 48.3 Å². The predicted molar refractivity (Wildman–Crippen MR) is 230 cm³/mol. The standard InChI is InChI=1S/C20H20F3N5O5S2.C19H18F3N5O4S/c1-33-14-13-15(26-17(25-14)35(2,31)32)34-16(24-13)27-18(29)28-8-6-19(30,7-9-28)11-4-3-5-12(10-11)20(21,22)23;1-31-13-12-14(25-15(28)24-13)32-16(23-12)26-17(29)27-7-5-18(30,6-8-27)10-3-2-4-11(9-10)19(20,21)22/h3-5,10,30H,6-9H2,1-2H3,(H,24,27,29);2-4,9,30H,5-8H2,1H3,(H,23,26,29)(H,24,25,28). The highest BCUT2D eigenvalue weighted by atomic mass is 32.2. The van der Waals surface area contributed by atoms with E-state index in [1.54, 1.807) is 0 Å². The second kappa shape index (κ2) is 18.5. The van der Waals surface area contributed by atoms with Crippen molar-refractivity contribution in [1.29, 1.82) is 0 Å². The molecule has 6 aromatic rings. The molecule has 0 aliphatic carbocycles. The number of hydrogen-bond acceptors (Lipinski definition) is 16. The number of methoxy groups -OCH3 is 2. The topological polar surface area (TPSA) is 255 Å². The molecule has 0 saturated carbocycles. The van der Waals surface area contributed by atoms with Gasteiger partial charge in [-0.3, -0.25) is 15.6 Å². The van der Waals surface area contributed by atoms with Crippen LogP contribution in [0.3, 0.4) is 0 Å². The Labute approximate surface area is 382 Å². The zero-order valence-electron chi connectivity index (χ0n) is 35.2. The van der Waals surface area contributed by atoms with Crippen LogP contribution in [0.1, 0.15) is 47.9 Å². The number of aliphatic hydroxyl groups is 2. The third-order valence-corrected chi connectivity index (χ3v) is 13.4. The molecular weight excluding hydrogens is 963 g/mol. The number of alkyl halides is 6. The number of piperidine rings is 2. The van der Waals surface area contributed by atoms with Crippen molar-refractivity contribution in [3.05, 3.63) is 81.3 Å². The van der Waals surface area contributed by atoms with E-state index >= 15 is 0 Å². The van der Waals surface area contributed by atoms with Crippen LogP contribution in [0.4, 0.5) is 46.2 Å². The van der Waals surface area contributed by atoms with Gasteiger partial charge in [0, 0.05) is 32.4 Å². The first-order valence-electron chi connectivity index (χ1n) is 19.7. The molecule has 67 heavy (non-hydrogen) atoms. The molecule has 6 heterocycles. The number of likely N-dealkylation sites (tertiary alicyclic amines) is 2. The van der Waals surface area contributed by atoms with Gasteiger partial charge in [0.25, 0.3) is 5.16 Å². The molecule has 19 nitrogen and oxygen atoms in total. The lowest BCUT2D eigenvalue weighted by Gasteiger charge is -2.38. The first-order valence-corrected chi connectivity index (χ1v) is 23.2. The average Bonchev–Trinajstić information content (AvgIpc) is 3.88. The number of thiazole rings is 2. The summed E-state index contributed by atoms with van der Waals surface area (Å²) in [7, 11) is -1.05. The summed E-state index contributed by atoms with van der Waals surface area (Å²) in [6, 6.07) is 8.12. The maximum atomic E-state index is 13.0. The molecule has 28 heteroatoms. The van der Waals surface area contributed by atoms with Gasteiger partial charge in [0.2, 0.25) is 21.6 Å². The summed E-state index contributed by atoms with van der Waals surface area (Å²) in [6.45, 7) is 0.433. The first-order chi connectivity index (χ1) is 31.4. The van der Waals surface area contributed by atoms with E-state index in [2.05, 4.69) is 40.5 Å². The van der Waals surface area contributed by atoms with Crippen molar-refractivity contribution in [1.82, 2.24) is 39.7 Å². The van der Waals surface area contributed by atoms with Gasteiger partial charge in [-0.1, -0.05) is 46.9 Å². The molecule has 2 aromatic carbocycles. The van der Waals surface area contributed by atoms with E-state index in [4.69, 9.17) is 9.47 Å². The maximum absolute atomic E-state index is 13.0. The number of halogens is 6. The quantitative estimate of drug-likeness (QED) is 0.0915. The Kier molecular flexibility index (Phi) is 13.4. The summed E-state index contributed by atoms with van der Waals surface area (Å²) >= 11 is 1.93. The molecule has 0 atom stereocenters. The minimum absolute atomic E-state index is 0.0403. The number of carbonyl (C=O) groups is 2. The fourth-order valence-electron chi connectivity index (χ4n) is 7.20. The molecule has 2 aliphatic rings. The van der Waals surface area contributed by atoms with Crippen molar-refractivity contribution in [2.24, 2.45) is 0 Å². The number of amides is 4. The number of rotatable bonds is 7. The zero-order valence-corrected chi connectivity index (χ0v) is 37.6. The molecule has 0 unspecified atom stereocenters. The molecule has 0 spiro atoms. The molecule has 2 fully saturated rings. The van der Waals surface area contributed by atoms with Crippen LogP contribution in [0.5, 0.6) is 11.8 Å². The SMILES string of the molecule is COc1[nH]c(=O)nc2sc(NC(=O)N3CCC(O)(c4cccc(C(F)(F)F)c4)CC3)nc12.COc1nc(S(C)(=O)=O)nc2sc(NC(=O)N3CCC(O)(c4cccc(C(F)(F)F)c4)CC3)nc12. The van der Waals surface area contributed by atoms with Crippen LogP contribution in [0, 0.1) is 0 Å². The van der Waals surface area contributed by atoms with Crippen LogP contribution < -0.4 is 25.8 Å². The third-order valence-electron chi connectivity index (χ3n) is 10.8. The normalized spacial score (nSPS) is 16.3. The first kappa shape index (κ1) is 48.7. The number of benzene rings is 2. The number of hydrogen-bond donors (Lipinski definition) is 5. The summed E-state index contributed by atoms with van der Waals surface area (Å²) < 4.78 is 112. The van der Waals surface area contributed by atoms with E-state index in [0.717, 1.165) is 53.2 Å². The lowest BCUT2D eigenvalue weighted by molar-refractivity contribution is -0.138. The Bertz CT molecular complexity index is 3000. The number of fused-ring (bicyclic) bond motifs is 2. The van der Waals surface area contributed by atoms with Crippen LogP contribution in [-0.2, 0) is 33.4 Å². The number of nitrogens with zero attached hydrogens (tertiary/aromatic N) is 7. The van der Waals surface area contributed by atoms with Crippen LogP contribution >= 0.6 is 22.7 Å². The predicted octanol–water partition coefficient (Wildman–Crippen LogP) is 5.96. The molecule has 0 bridgehead atoms. The lowest BCUT2D eigenvalue weighted by Crippen LogP contribution is -2.46. The fourth-order valence-corrected chi connectivity index (χ4v) is 9.41. The molecule has 4 amide bonds. The molecule has 2 aliphatic heterocycles. The maximum Gasteiger partial charge on any atom is 0.416 e. The van der Waals surface area contributed by atoms with E-state index in [9.17, 15) is 59.4 Å². The second-order valence-corrected chi connectivity index (χ2v) is 19.1. The summed E-state index contributed by atoms with van der Waals surface area (Å²) in [5, 5.41) is 27.0. The van der Waals surface area contributed by atoms with Gasteiger partial charge in [0.05, 0.1) is 36.5 Å². The molecular formula is C39H38F6N10O9S3. The van der Waals surface area contributed by atoms with Crippen molar-refractivity contribution in [2.45, 2.75) is 54.4 Å². The summed E-state index contributed by atoms with van der Waals surface area (Å²) in [5.74, 6) is 0.0668. The Hall–Kier alpha value is -6.23. The van der Waals surface area contributed by atoms with Crippen molar-refractivity contribution in [2.75, 3.05) is 57.3 Å². The highest BCUT2D eigenvalue weighted by molar-refractivity contribution is 7.90. The third kappa shape index (κ3) is 10.8. The monoisotopic (exact) mass is 1000 g/mol. The number of aromatic nitrogens is 6. The molecule has 4 aromatic heterocycles. The van der Waals surface area contributed by atoms with Gasteiger partial charge in [-0.25, -0.2) is 37.8 Å². The van der Waals surface area contributed by atoms with E-state index < -0.39 is 67.4 Å². The largest absolute Gasteiger partial charge is 0.481 e. The molecule has 0 radical (unpaired) electrons. The van der Waals surface area contributed by atoms with Crippen molar-refractivity contribution >= 4 is 75.5 Å². The average molecular weight is 1000 g/mol. The smallest absolute Gasteiger partial charge is 0.416 e. The molecule has 358 valence electrons. The summed E-state index contributed by atoms with van der Waals surface area (Å²) in [6.07, 6.45) is -7.85. The highest BCUT2D eigenvalue weighted by Crippen LogP contribution is 2.39. The number of urea groups is 2. The van der Waals surface area contributed by atoms with Gasteiger partial charge < -0.3 is 29.5 Å². The van der Waals surface area contributed by atoms with Crippen molar-refractivity contribution in [3.8, 4) is 11.8 Å². The van der Waals surface area contributed by atoms with Crippen molar-refractivity contribution in [3.63, 3.8) is 0 Å². The highest BCUT2D eigenvalue weighted by Gasteiger charge is 2.40. The van der Waals surface area contributed by atoms with E-state index in [1.807, 2.05) is 0 Å². The lowest BCUT2D eigenvalue weighted by atomic mass is 9.84. The van der Waals surface area contributed by atoms with Gasteiger partial charge >= 0.3 is 30.1 Å². The minimum atomic E-state index is -4.53. The zero-order chi connectivity index (χ0) is 48.7. The number of anilines is 2. The van der Waals surface area contributed by atoms with Crippen LogP contribution in [0.15, 0.2) is 58.5 Å².